The van der Waals surface area contributed by atoms with Crippen molar-refractivity contribution in [1.29, 1.82) is 0 Å². The number of carbonyl (C=O) groups excluding carboxylic acids is 2. The molecule has 0 radical (unpaired) electrons. The molecule has 0 saturated heterocycles. The summed E-state index contributed by atoms with van der Waals surface area (Å²) in [6.45, 7) is 0.236. The number of fused-ring (bicyclic) bond motifs is 1. The van der Waals surface area contributed by atoms with E-state index >= 15 is 0 Å². The third-order valence-corrected chi connectivity index (χ3v) is 5.10. The lowest BCUT2D eigenvalue weighted by Crippen LogP contribution is -2.37. The largest absolute Gasteiger partial charge is 0.493 e. The second kappa shape index (κ2) is 8.13. The number of hydrogen-bond donors (Lipinski definition) is 2. The van der Waals surface area contributed by atoms with Gasteiger partial charge in [0.25, 0.3) is 5.91 Å². The second-order valence-electron chi connectivity index (χ2n) is 5.91. The highest BCUT2D eigenvalue weighted by Gasteiger charge is 2.15. The van der Waals surface area contributed by atoms with Crippen molar-refractivity contribution in [3.05, 3.63) is 47.0 Å². The van der Waals surface area contributed by atoms with Gasteiger partial charge in [0, 0.05) is 13.6 Å². The monoisotopic (exact) mass is 387 g/mol. The maximum Gasteiger partial charge on any atom is 0.268 e. The number of aromatic nitrogens is 1. The number of rotatable bonds is 7. The summed E-state index contributed by atoms with van der Waals surface area (Å²) in [6, 6.07) is 9.22. The Morgan fingerprint density at radius 2 is 1.85 bits per heavy atom. The number of hydrogen-bond acceptors (Lipinski definition) is 5. The molecule has 0 aliphatic rings. The summed E-state index contributed by atoms with van der Waals surface area (Å²) < 4.78 is 13.3. The molecule has 3 aromatic rings. The van der Waals surface area contributed by atoms with Gasteiger partial charge in [-0.15, -0.1) is 11.3 Å². The third-order valence-electron chi connectivity index (χ3n) is 4.24. The molecule has 8 heteroatoms. The van der Waals surface area contributed by atoms with E-state index in [1.807, 2.05) is 35.2 Å². The molecule has 2 N–H and O–H groups in total. The fourth-order valence-electron chi connectivity index (χ4n) is 2.77. The van der Waals surface area contributed by atoms with Gasteiger partial charge in [0.15, 0.2) is 11.5 Å². The summed E-state index contributed by atoms with van der Waals surface area (Å²) in [4.78, 5) is 24.4. The van der Waals surface area contributed by atoms with Gasteiger partial charge in [0.2, 0.25) is 5.91 Å². The summed E-state index contributed by atoms with van der Waals surface area (Å²) in [5, 5.41) is 7.41. The summed E-state index contributed by atoms with van der Waals surface area (Å²) in [5.41, 5.74) is 2.41. The molecule has 0 atom stereocenters. The molecule has 7 nitrogen and oxygen atoms in total. The van der Waals surface area contributed by atoms with E-state index in [4.69, 9.17) is 9.47 Å². The first kappa shape index (κ1) is 18.8. The molecular weight excluding hydrogens is 366 g/mol. The Balaban J connectivity index is 1.53. The van der Waals surface area contributed by atoms with Gasteiger partial charge in [-0.05, 0) is 35.2 Å². The molecule has 0 unspecified atom stereocenters. The van der Waals surface area contributed by atoms with Crippen LogP contribution in [0.15, 0.2) is 35.7 Å². The van der Waals surface area contributed by atoms with E-state index in [0.717, 1.165) is 15.8 Å². The lowest BCUT2D eigenvalue weighted by molar-refractivity contribution is -0.120. The zero-order chi connectivity index (χ0) is 19.4. The number of thiophene rings is 1. The Morgan fingerprint density at radius 1 is 1.07 bits per heavy atom. The van der Waals surface area contributed by atoms with E-state index < -0.39 is 0 Å². The van der Waals surface area contributed by atoms with Crippen molar-refractivity contribution in [2.24, 2.45) is 7.05 Å². The lowest BCUT2D eigenvalue weighted by Gasteiger charge is -2.11. The van der Waals surface area contributed by atoms with Crippen LogP contribution in [0, 0.1) is 0 Å². The topological polar surface area (TPSA) is 81.6 Å². The minimum atomic E-state index is -0.276. The van der Waals surface area contributed by atoms with Crippen molar-refractivity contribution < 1.29 is 19.1 Å². The fourth-order valence-corrected chi connectivity index (χ4v) is 3.62. The number of nitrogens with zero attached hydrogens (tertiary/aromatic N) is 1. The van der Waals surface area contributed by atoms with Crippen LogP contribution in [0.25, 0.3) is 10.2 Å². The van der Waals surface area contributed by atoms with Crippen molar-refractivity contribution in [3.63, 3.8) is 0 Å². The molecule has 142 valence electrons. The molecule has 0 fully saturated rings. The Kier molecular flexibility index (Phi) is 5.66. The van der Waals surface area contributed by atoms with Crippen LogP contribution in [-0.4, -0.2) is 37.1 Å². The van der Waals surface area contributed by atoms with Crippen molar-refractivity contribution in [3.8, 4) is 11.5 Å². The van der Waals surface area contributed by atoms with Crippen LogP contribution in [0.1, 0.15) is 16.1 Å². The molecule has 3 rings (SSSR count). The van der Waals surface area contributed by atoms with Crippen LogP contribution in [-0.2, 0) is 18.4 Å². The number of amides is 2. The van der Waals surface area contributed by atoms with Crippen molar-refractivity contribution in [1.82, 2.24) is 15.2 Å². The number of aryl methyl sites for hydroxylation is 1. The number of carbonyl (C=O) groups is 2. The summed E-state index contributed by atoms with van der Waals surface area (Å²) in [6.07, 6.45) is 0. The molecule has 0 aliphatic heterocycles. The highest BCUT2D eigenvalue weighted by molar-refractivity contribution is 7.17. The molecule has 0 spiro atoms. The normalized spacial score (nSPS) is 10.6. The standard InChI is InChI=1S/C19H21N3O4S/c1-22-13-6-7-27-17(13)9-14(22)19(24)21-11-18(23)20-10-12-4-5-15(25-2)16(8-12)26-3/h4-9H,10-11H2,1-3H3,(H,20,23)(H,21,24). The molecule has 27 heavy (non-hydrogen) atoms. The molecule has 0 aliphatic carbocycles. The van der Waals surface area contributed by atoms with Crippen molar-refractivity contribution >= 4 is 33.4 Å². The van der Waals surface area contributed by atoms with Crippen LogP contribution in [0.5, 0.6) is 11.5 Å². The van der Waals surface area contributed by atoms with E-state index in [1.54, 1.807) is 37.7 Å². The van der Waals surface area contributed by atoms with Crippen LogP contribution in [0.2, 0.25) is 0 Å². The maximum atomic E-state index is 12.3. The van der Waals surface area contributed by atoms with Crippen LogP contribution in [0.4, 0.5) is 0 Å². The minimum absolute atomic E-state index is 0.0923. The zero-order valence-electron chi connectivity index (χ0n) is 15.4. The Labute approximate surface area is 160 Å². The third kappa shape index (κ3) is 4.06. The van der Waals surface area contributed by atoms with E-state index in [1.165, 1.54) is 0 Å². The van der Waals surface area contributed by atoms with Gasteiger partial charge in [0.1, 0.15) is 5.69 Å². The predicted octanol–water partition coefficient (Wildman–Crippen LogP) is 2.30. The zero-order valence-corrected chi connectivity index (χ0v) is 16.2. The average Bonchev–Trinajstić information content (AvgIpc) is 3.27. The van der Waals surface area contributed by atoms with Crippen LogP contribution in [0.3, 0.4) is 0 Å². The molecule has 0 saturated carbocycles. The first-order valence-corrected chi connectivity index (χ1v) is 9.20. The first-order chi connectivity index (χ1) is 13.0. The summed E-state index contributed by atoms with van der Waals surface area (Å²) >= 11 is 1.58. The van der Waals surface area contributed by atoms with Gasteiger partial charge in [-0.3, -0.25) is 9.59 Å². The Bertz CT molecular complexity index is 977. The highest BCUT2D eigenvalue weighted by atomic mass is 32.1. The smallest absolute Gasteiger partial charge is 0.268 e. The quantitative estimate of drug-likeness (QED) is 0.652. The number of nitrogens with one attached hydrogen (secondary N) is 2. The number of ether oxygens (including phenoxy) is 2. The highest BCUT2D eigenvalue weighted by Crippen LogP contribution is 2.27. The molecular formula is C19H21N3O4S. The van der Waals surface area contributed by atoms with Gasteiger partial charge in [0.05, 0.1) is 31.0 Å². The van der Waals surface area contributed by atoms with E-state index in [2.05, 4.69) is 10.6 Å². The van der Waals surface area contributed by atoms with Gasteiger partial charge in [-0.25, -0.2) is 0 Å². The van der Waals surface area contributed by atoms with Gasteiger partial charge < -0.3 is 24.7 Å². The van der Waals surface area contributed by atoms with Crippen LogP contribution >= 0.6 is 11.3 Å². The first-order valence-electron chi connectivity index (χ1n) is 8.32. The van der Waals surface area contributed by atoms with Gasteiger partial charge in [-0.1, -0.05) is 6.07 Å². The molecule has 2 amide bonds. The van der Waals surface area contributed by atoms with Crippen molar-refractivity contribution in [2.45, 2.75) is 6.54 Å². The minimum Gasteiger partial charge on any atom is -0.493 e. The van der Waals surface area contributed by atoms with Gasteiger partial charge in [-0.2, -0.15) is 0 Å². The van der Waals surface area contributed by atoms with Gasteiger partial charge >= 0.3 is 0 Å². The van der Waals surface area contributed by atoms with Crippen molar-refractivity contribution in [2.75, 3.05) is 20.8 Å². The average molecular weight is 387 g/mol. The van der Waals surface area contributed by atoms with E-state index in [-0.39, 0.29) is 18.4 Å². The van der Waals surface area contributed by atoms with E-state index in [9.17, 15) is 9.59 Å². The number of benzene rings is 1. The molecule has 2 aromatic heterocycles. The van der Waals surface area contributed by atoms with E-state index in [0.29, 0.717) is 23.7 Å². The Morgan fingerprint density at radius 3 is 2.56 bits per heavy atom. The number of methoxy groups -OCH3 is 2. The SMILES string of the molecule is COc1ccc(CNC(=O)CNC(=O)c2cc3sccc3n2C)cc1OC. The summed E-state index contributed by atoms with van der Waals surface area (Å²) in [7, 11) is 4.96. The van der Waals surface area contributed by atoms with Crippen LogP contribution < -0.4 is 20.1 Å². The molecule has 1 aromatic carbocycles. The predicted molar refractivity (Wildman–Crippen MR) is 105 cm³/mol. The maximum absolute atomic E-state index is 12.3. The molecule has 0 bridgehead atoms. The molecule has 2 heterocycles. The fraction of sp³-hybridized carbons (Fsp3) is 0.263. The summed E-state index contributed by atoms with van der Waals surface area (Å²) in [5.74, 6) is 0.680. The lowest BCUT2D eigenvalue weighted by atomic mass is 10.2. The Hall–Kier alpha value is -3.00. The second-order valence-corrected chi connectivity index (χ2v) is 6.86.